The molecule has 0 unspecified atom stereocenters. The van der Waals surface area contributed by atoms with E-state index in [4.69, 9.17) is 10.8 Å². The zero-order valence-electron chi connectivity index (χ0n) is 8.66. The van der Waals surface area contributed by atoms with E-state index in [1.54, 1.807) is 0 Å². The lowest BCUT2D eigenvalue weighted by atomic mass is 10.1. The lowest BCUT2D eigenvalue weighted by Crippen LogP contribution is -2.51. The van der Waals surface area contributed by atoms with E-state index in [9.17, 15) is 14.4 Å². The van der Waals surface area contributed by atoms with Crippen LogP contribution in [0.1, 0.15) is 13.8 Å². The van der Waals surface area contributed by atoms with Gasteiger partial charge in [-0.25, -0.2) is 0 Å². The van der Waals surface area contributed by atoms with E-state index >= 15 is 0 Å². The molecule has 0 heterocycles. The molecule has 0 saturated carbocycles. The first-order valence-corrected chi connectivity index (χ1v) is 4.29. The lowest BCUT2D eigenvalue weighted by molar-refractivity contribution is -0.137. The SMILES string of the molecule is CC(C)(N)C(=O)NCC(=O)NCC(=O)O. The van der Waals surface area contributed by atoms with Crippen molar-refractivity contribution < 1.29 is 19.5 Å². The Balaban J connectivity index is 3.82. The fraction of sp³-hybridized carbons (Fsp3) is 0.625. The summed E-state index contributed by atoms with van der Waals surface area (Å²) in [6.07, 6.45) is 0. The van der Waals surface area contributed by atoms with Gasteiger partial charge < -0.3 is 21.5 Å². The molecule has 0 atom stereocenters. The summed E-state index contributed by atoms with van der Waals surface area (Å²) in [5.74, 6) is -2.20. The minimum absolute atomic E-state index is 0.285. The molecule has 0 aromatic carbocycles. The monoisotopic (exact) mass is 217 g/mol. The maximum absolute atomic E-state index is 11.2. The summed E-state index contributed by atoms with van der Waals surface area (Å²) >= 11 is 0. The molecule has 0 saturated heterocycles. The van der Waals surface area contributed by atoms with Crippen LogP contribution in [0.4, 0.5) is 0 Å². The first kappa shape index (κ1) is 13.4. The summed E-state index contributed by atoms with van der Waals surface area (Å²) in [6, 6.07) is 0. The van der Waals surface area contributed by atoms with E-state index in [0.29, 0.717) is 0 Å². The largest absolute Gasteiger partial charge is 0.480 e. The number of carboxylic acids is 1. The maximum atomic E-state index is 11.2. The van der Waals surface area contributed by atoms with Gasteiger partial charge in [0.2, 0.25) is 11.8 Å². The Morgan fingerprint density at radius 1 is 1.20 bits per heavy atom. The zero-order valence-corrected chi connectivity index (χ0v) is 8.66. The third-order valence-electron chi connectivity index (χ3n) is 1.43. The minimum atomic E-state index is -1.14. The molecular weight excluding hydrogens is 202 g/mol. The number of carbonyl (C=O) groups excluding carboxylic acids is 2. The van der Waals surface area contributed by atoms with Gasteiger partial charge >= 0.3 is 5.97 Å². The molecular formula is C8H15N3O4. The molecule has 0 rings (SSSR count). The number of nitrogens with two attached hydrogens (primary N) is 1. The van der Waals surface area contributed by atoms with E-state index < -0.39 is 29.9 Å². The molecule has 86 valence electrons. The average Bonchev–Trinajstić information content (AvgIpc) is 2.09. The van der Waals surface area contributed by atoms with Crippen molar-refractivity contribution in [1.82, 2.24) is 10.6 Å². The second-order valence-electron chi connectivity index (χ2n) is 3.57. The molecule has 0 aliphatic rings. The van der Waals surface area contributed by atoms with Crippen LogP contribution < -0.4 is 16.4 Å². The number of carboxylic acid groups (broad SMARTS) is 1. The van der Waals surface area contributed by atoms with Crippen molar-refractivity contribution in [2.75, 3.05) is 13.1 Å². The molecule has 0 aromatic heterocycles. The summed E-state index contributed by atoms with van der Waals surface area (Å²) in [7, 11) is 0. The Morgan fingerprint density at radius 2 is 1.73 bits per heavy atom. The van der Waals surface area contributed by atoms with Crippen molar-refractivity contribution in [3.8, 4) is 0 Å². The van der Waals surface area contributed by atoms with E-state index in [-0.39, 0.29) is 6.54 Å². The van der Waals surface area contributed by atoms with E-state index in [2.05, 4.69) is 10.6 Å². The second kappa shape index (κ2) is 5.30. The third kappa shape index (κ3) is 6.44. The Labute approximate surface area is 87.0 Å². The van der Waals surface area contributed by atoms with Crippen molar-refractivity contribution in [3.05, 3.63) is 0 Å². The van der Waals surface area contributed by atoms with Crippen molar-refractivity contribution in [2.45, 2.75) is 19.4 Å². The van der Waals surface area contributed by atoms with Crippen LogP contribution in [0.25, 0.3) is 0 Å². The van der Waals surface area contributed by atoms with Crippen molar-refractivity contribution in [2.24, 2.45) is 5.73 Å². The third-order valence-corrected chi connectivity index (χ3v) is 1.43. The Morgan fingerprint density at radius 3 is 2.13 bits per heavy atom. The summed E-state index contributed by atoms with van der Waals surface area (Å²) in [5.41, 5.74) is 4.39. The van der Waals surface area contributed by atoms with Crippen LogP contribution in [0.2, 0.25) is 0 Å². The molecule has 7 nitrogen and oxygen atoms in total. The van der Waals surface area contributed by atoms with Crippen LogP contribution in [-0.4, -0.2) is 41.5 Å². The topological polar surface area (TPSA) is 122 Å². The summed E-state index contributed by atoms with van der Waals surface area (Å²) in [6.45, 7) is 2.24. The van der Waals surface area contributed by atoms with Crippen LogP contribution in [0, 0.1) is 0 Å². The highest BCUT2D eigenvalue weighted by Crippen LogP contribution is 1.94. The van der Waals surface area contributed by atoms with Crippen LogP contribution >= 0.6 is 0 Å². The van der Waals surface area contributed by atoms with Gasteiger partial charge in [-0.05, 0) is 13.8 Å². The van der Waals surface area contributed by atoms with Crippen molar-refractivity contribution >= 4 is 17.8 Å². The standard InChI is InChI=1S/C8H15N3O4/c1-8(2,9)7(15)11-3-5(12)10-4-6(13)14/h3-4,9H2,1-2H3,(H,10,12)(H,11,15)(H,13,14). The average molecular weight is 217 g/mol. The van der Waals surface area contributed by atoms with Crippen molar-refractivity contribution in [1.29, 1.82) is 0 Å². The summed E-state index contributed by atoms with van der Waals surface area (Å²) in [5, 5.41) is 12.6. The molecule has 0 bridgehead atoms. The lowest BCUT2D eigenvalue weighted by Gasteiger charge is -2.17. The van der Waals surface area contributed by atoms with Crippen molar-refractivity contribution in [3.63, 3.8) is 0 Å². The molecule has 15 heavy (non-hydrogen) atoms. The van der Waals surface area contributed by atoms with Crippen LogP contribution in [-0.2, 0) is 14.4 Å². The number of carbonyl (C=O) groups is 3. The number of amides is 2. The minimum Gasteiger partial charge on any atom is -0.480 e. The highest BCUT2D eigenvalue weighted by Gasteiger charge is 2.21. The first-order chi connectivity index (χ1) is 6.73. The van der Waals surface area contributed by atoms with Crippen LogP contribution in [0.15, 0.2) is 0 Å². The van der Waals surface area contributed by atoms with Gasteiger partial charge in [0, 0.05) is 0 Å². The van der Waals surface area contributed by atoms with Gasteiger partial charge in [-0.2, -0.15) is 0 Å². The summed E-state index contributed by atoms with van der Waals surface area (Å²) in [4.78, 5) is 32.2. The zero-order chi connectivity index (χ0) is 12.1. The Bertz CT molecular complexity index is 270. The van der Waals surface area contributed by atoms with Gasteiger partial charge in [0.25, 0.3) is 0 Å². The fourth-order valence-corrected chi connectivity index (χ4v) is 0.625. The first-order valence-electron chi connectivity index (χ1n) is 4.29. The Kier molecular flexibility index (Phi) is 4.72. The van der Waals surface area contributed by atoms with Gasteiger partial charge in [0.15, 0.2) is 0 Å². The van der Waals surface area contributed by atoms with Gasteiger partial charge in [0.05, 0.1) is 12.1 Å². The van der Waals surface area contributed by atoms with Crippen LogP contribution in [0.3, 0.4) is 0 Å². The van der Waals surface area contributed by atoms with E-state index in [1.165, 1.54) is 13.8 Å². The van der Waals surface area contributed by atoms with Gasteiger partial charge in [-0.3, -0.25) is 14.4 Å². The van der Waals surface area contributed by atoms with E-state index in [0.717, 1.165) is 0 Å². The van der Waals surface area contributed by atoms with Crippen LogP contribution in [0.5, 0.6) is 0 Å². The normalized spacial score (nSPS) is 10.6. The van der Waals surface area contributed by atoms with Gasteiger partial charge in [-0.1, -0.05) is 0 Å². The van der Waals surface area contributed by atoms with E-state index in [1.807, 2.05) is 0 Å². The molecule has 0 aliphatic carbocycles. The fourth-order valence-electron chi connectivity index (χ4n) is 0.625. The number of rotatable bonds is 5. The molecule has 0 aromatic rings. The predicted octanol–water partition coefficient (Wildman–Crippen LogP) is -1.96. The molecule has 0 radical (unpaired) electrons. The molecule has 0 spiro atoms. The molecule has 7 heteroatoms. The van der Waals surface area contributed by atoms with Gasteiger partial charge in [-0.15, -0.1) is 0 Å². The second-order valence-corrected chi connectivity index (χ2v) is 3.57. The molecule has 5 N–H and O–H groups in total. The predicted molar refractivity (Wildman–Crippen MR) is 51.9 cm³/mol. The molecule has 2 amide bonds. The highest BCUT2D eigenvalue weighted by atomic mass is 16.4. The highest BCUT2D eigenvalue weighted by molar-refractivity contribution is 5.90. The quantitative estimate of drug-likeness (QED) is 0.426. The smallest absolute Gasteiger partial charge is 0.322 e. The molecule has 0 fully saturated rings. The van der Waals surface area contributed by atoms with Gasteiger partial charge in [0.1, 0.15) is 6.54 Å². The Hall–Kier alpha value is -1.63. The number of hydrogen-bond donors (Lipinski definition) is 4. The number of hydrogen-bond acceptors (Lipinski definition) is 4. The maximum Gasteiger partial charge on any atom is 0.322 e. The molecule has 0 aliphatic heterocycles. The number of aliphatic carboxylic acids is 1. The number of nitrogens with one attached hydrogen (secondary N) is 2. The summed E-state index contributed by atoms with van der Waals surface area (Å²) < 4.78 is 0.